The summed E-state index contributed by atoms with van der Waals surface area (Å²) in [4.78, 5) is 38.8. The molecule has 0 saturated carbocycles. The fourth-order valence-electron chi connectivity index (χ4n) is 2.96. The van der Waals surface area contributed by atoms with Crippen molar-refractivity contribution in [3.05, 3.63) is 57.1 Å². The normalized spacial score (nSPS) is 15.0. The average molecular weight is 484 g/mol. The Morgan fingerprint density at radius 1 is 1.13 bits per heavy atom. The molecule has 1 heterocycles. The van der Waals surface area contributed by atoms with Gasteiger partial charge in [0.2, 0.25) is 0 Å². The zero-order valence-electron chi connectivity index (χ0n) is 17.0. The summed E-state index contributed by atoms with van der Waals surface area (Å²) in [6, 6.07) is 9.34. The topological polar surface area (TPSA) is 109 Å². The zero-order valence-corrected chi connectivity index (χ0v) is 18.6. The number of imide groups is 2. The Morgan fingerprint density at radius 3 is 2.52 bits per heavy atom. The molecule has 2 aromatic rings. The third-order valence-electron chi connectivity index (χ3n) is 4.73. The largest absolute Gasteiger partial charge is 0.493 e. The predicted octanol–water partition coefficient (Wildman–Crippen LogP) is 3.64. The van der Waals surface area contributed by atoms with E-state index in [9.17, 15) is 14.4 Å². The molecular weight excluding hydrogens is 466 g/mol. The molecule has 0 bridgehead atoms. The zero-order chi connectivity index (χ0) is 22.7. The molecule has 0 spiro atoms. The first-order valence-electron chi connectivity index (χ1n) is 9.12. The van der Waals surface area contributed by atoms with Gasteiger partial charge in [-0.25, -0.2) is 9.69 Å². The van der Waals surface area contributed by atoms with Gasteiger partial charge in [0.05, 0.1) is 12.8 Å². The highest BCUT2D eigenvalue weighted by molar-refractivity contribution is 9.10. The van der Waals surface area contributed by atoms with Crippen molar-refractivity contribution in [2.24, 2.45) is 0 Å². The van der Waals surface area contributed by atoms with Crippen molar-refractivity contribution >= 4 is 45.5 Å². The molecular formula is C22H18BrN3O5. The summed E-state index contributed by atoms with van der Waals surface area (Å²) in [5.41, 5.74) is 2.51. The van der Waals surface area contributed by atoms with Gasteiger partial charge in [-0.05, 0) is 60.9 Å². The Kier molecular flexibility index (Phi) is 6.42. The number of aryl methyl sites for hydroxylation is 2. The van der Waals surface area contributed by atoms with Gasteiger partial charge in [-0.1, -0.05) is 22.0 Å². The fourth-order valence-corrected chi connectivity index (χ4v) is 3.39. The molecule has 1 aliphatic rings. The van der Waals surface area contributed by atoms with Gasteiger partial charge in [0.25, 0.3) is 11.8 Å². The van der Waals surface area contributed by atoms with Crippen LogP contribution in [-0.2, 0) is 9.59 Å². The summed E-state index contributed by atoms with van der Waals surface area (Å²) in [6.45, 7) is 3.62. The molecule has 0 aromatic heterocycles. The highest BCUT2D eigenvalue weighted by Crippen LogP contribution is 2.35. The van der Waals surface area contributed by atoms with Crippen LogP contribution in [0, 0.1) is 25.2 Å². The third-order valence-corrected chi connectivity index (χ3v) is 5.41. The number of amides is 4. The number of anilines is 1. The molecule has 0 unspecified atom stereocenters. The van der Waals surface area contributed by atoms with Crippen LogP contribution in [0.1, 0.15) is 16.7 Å². The summed E-state index contributed by atoms with van der Waals surface area (Å²) in [5.74, 6) is -0.904. The number of carbonyl (C=O) groups is 3. The van der Waals surface area contributed by atoms with Crippen LogP contribution in [-0.4, -0.2) is 31.6 Å². The molecule has 1 N–H and O–H groups in total. The van der Waals surface area contributed by atoms with E-state index < -0.39 is 17.8 Å². The van der Waals surface area contributed by atoms with E-state index >= 15 is 0 Å². The number of barbiturate groups is 1. The fraction of sp³-hybridized carbons (Fsp3) is 0.182. The lowest BCUT2D eigenvalue weighted by atomic mass is 10.0. The van der Waals surface area contributed by atoms with Gasteiger partial charge in [0.1, 0.15) is 11.6 Å². The first-order chi connectivity index (χ1) is 14.8. The number of carbonyl (C=O) groups excluding carboxylic acids is 3. The number of hydrogen-bond acceptors (Lipinski definition) is 6. The van der Waals surface area contributed by atoms with Gasteiger partial charge in [-0.2, -0.15) is 5.26 Å². The molecule has 0 aliphatic carbocycles. The van der Waals surface area contributed by atoms with E-state index in [0.717, 1.165) is 16.0 Å². The smallest absolute Gasteiger partial charge is 0.335 e. The maximum Gasteiger partial charge on any atom is 0.335 e. The van der Waals surface area contributed by atoms with Crippen LogP contribution in [0.25, 0.3) is 6.08 Å². The summed E-state index contributed by atoms with van der Waals surface area (Å²) in [6.07, 6.45) is 1.36. The predicted molar refractivity (Wildman–Crippen MR) is 117 cm³/mol. The number of urea groups is 1. The lowest BCUT2D eigenvalue weighted by molar-refractivity contribution is -0.122. The monoisotopic (exact) mass is 483 g/mol. The number of nitrogens with zero attached hydrogens (tertiary/aromatic N) is 2. The van der Waals surface area contributed by atoms with Gasteiger partial charge in [0, 0.05) is 4.47 Å². The summed E-state index contributed by atoms with van der Waals surface area (Å²) < 4.78 is 11.1. The SMILES string of the molecule is COc1cc(/C=C2\C(=O)NC(=O)N(c3ccc(C)c(C)c3)C2=O)c(Br)cc1OCC#N. The van der Waals surface area contributed by atoms with Crippen LogP contribution in [0.5, 0.6) is 11.5 Å². The van der Waals surface area contributed by atoms with Gasteiger partial charge in [0.15, 0.2) is 18.1 Å². The molecule has 1 saturated heterocycles. The van der Waals surface area contributed by atoms with Crippen LogP contribution in [0.3, 0.4) is 0 Å². The molecule has 1 fully saturated rings. The van der Waals surface area contributed by atoms with Crippen LogP contribution >= 0.6 is 15.9 Å². The molecule has 4 amide bonds. The lowest BCUT2D eigenvalue weighted by Gasteiger charge is -2.27. The molecule has 1 aliphatic heterocycles. The number of benzene rings is 2. The lowest BCUT2D eigenvalue weighted by Crippen LogP contribution is -2.54. The Morgan fingerprint density at radius 2 is 1.87 bits per heavy atom. The summed E-state index contributed by atoms with van der Waals surface area (Å²) in [5, 5.41) is 10.9. The van der Waals surface area contributed by atoms with Gasteiger partial charge in [-0.3, -0.25) is 14.9 Å². The minimum absolute atomic E-state index is 0.169. The van der Waals surface area contributed by atoms with Crippen molar-refractivity contribution < 1.29 is 23.9 Å². The van der Waals surface area contributed by atoms with Crippen LogP contribution < -0.4 is 19.7 Å². The maximum absolute atomic E-state index is 13.1. The van der Waals surface area contributed by atoms with Crippen molar-refractivity contribution in [2.75, 3.05) is 18.6 Å². The molecule has 8 nitrogen and oxygen atoms in total. The van der Waals surface area contributed by atoms with E-state index in [1.54, 1.807) is 30.3 Å². The molecule has 3 rings (SSSR count). The maximum atomic E-state index is 13.1. The number of hydrogen-bond donors (Lipinski definition) is 1. The highest BCUT2D eigenvalue weighted by Gasteiger charge is 2.37. The van der Waals surface area contributed by atoms with Crippen molar-refractivity contribution in [3.8, 4) is 17.6 Å². The van der Waals surface area contributed by atoms with Crippen LogP contribution in [0.4, 0.5) is 10.5 Å². The minimum atomic E-state index is -0.813. The average Bonchev–Trinajstić information content (AvgIpc) is 2.73. The highest BCUT2D eigenvalue weighted by atomic mass is 79.9. The molecule has 0 atom stereocenters. The third kappa shape index (κ3) is 4.44. The molecule has 31 heavy (non-hydrogen) atoms. The first kappa shape index (κ1) is 22.1. The number of methoxy groups -OCH3 is 1. The summed E-state index contributed by atoms with van der Waals surface area (Å²) in [7, 11) is 1.43. The Balaban J connectivity index is 2.04. The second kappa shape index (κ2) is 9.02. The van der Waals surface area contributed by atoms with E-state index in [2.05, 4.69) is 21.2 Å². The van der Waals surface area contributed by atoms with E-state index in [0.29, 0.717) is 27.2 Å². The number of halogens is 1. The second-order valence-corrected chi connectivity index (χ2v) is 7.55. The molecule has 158 valence electrons. The van der Waals surface area contributed by atoms with Crippen molar-refractivity contribution in [2.45, 2.75) is 13.8 Å². The Labute approximate surface area is 187 Å². The van der Waals surface area contributed by atoms with Crippen LogP contribution in [0.2, 0.25) is 0 Å². The Bertz CT molecular complexity index is 1170. The van der Waals surface area contributed by atoms with E-state index in [-0.39, 0.29) is 12.2 Å². The molecule has 0 radical (unpaired) electrons. The number of nitriles is 1. The van der Waals surface area contributed by atoms with Gasteiger partial charge in [-0.15, -0.1) is 0 Å². The van der Waals surface area contributed by atoms with Crippen molar-refractivity contribution in [1.82, 2.24) is 5.32 Å². The first-order valence-corrected chi connectivity index (χ1v) is 9.92. The van der Waals surface area contributed by atoms with Crippen molar-refractivity contribution in [3.63, 3.8) is 0 Å². The van der Waals surface area contributed by atoms with Gasteiger partial charge >= 0.3 is 6.03 Å². The molecule has 9 heteroatoms. The van der Waals surface area contributed by atoms with Gasteiger partial charge < -0.3 is 9.47 Å². The molecule has 2 aromatic carbocycles. The van der Waals surface area contributed by atoms with E-state index in [1.807, 2.05) is 19.9 Å². The number of rotatable bonds is 5. The minimum Gasteiger partial charge on any atom is -0.493 e. The van der Waals surface area contributed by atoms with Crippen LogP contribution in [0.15, 0.2) is 40.4 Å². The second-order valence-electron chi connectivity index (χ2n) is 6.70. The van der Waals surface area contributed by atoms with Crippen molar-refractivity contribution in [1.29, 1.82) is 5.26 Å². The Hall–Kier alpha value is -3.64. The standard InChI is InChI=1S/C22H18BrN3O5/c1-12-4-5-15(8-13(12)2)26-21(28)16(20(27)25-22(26)29)9-14-10-18(30-3)19(11-17(14)23)31-7-6-24/h4-5,8-11H,7H2,1-3H3,(H,25,27,29)/b16-9+. The quantitative estimate of drug-likeness (QED) is 0.513. The van der Waals surface area contributed by atoms with E-state index in [4.69, 9.17) is 14.7 Å². The number of nitrogens with one attached hydrogen (secondary N) is 1. The summed E-state index contributed by atoms with van der Waals surface area (Å²) >= 11 is 3.37. The van der Waals surface area contributed by atoms with E-state index in [1.165, 1.54) is 13.2 Å². The number of ether oxygens (including phenoxy) is 2.